The molecule has 204 valence electrons. The second-order valence-corrected chi connectivity index (χ2v) is 13.8. The minimum Gasteiger partial charge on any atom is -0.507 e. The number of unbranched alkanes of at least 4 members (excludes halogenated alkanes) is 7. The summed E-state index contributed by atoms with van der Waals surface area (Å²) >= 11 is 0. The van der Waals surface area contributed by atoms with Crippen LogP contribution in [0, 0.1) is 0 Å². The Bertz CT molecular complexity index is 1130. The quantitative estimate of drug-likeness (QED) is 0.115. The summed E-state index contributed by atoms with van der Waals surface area (Å²) in [6.45, 7) is 1.02. The Morgan fingerprint density at radius 2 is 1.03 bits per heavy atom. The van der Waals surface area contributed by atoms with Gasteiger partial charge in [0.2, 0.25) is 0 Å². The van der Waals surface area contributed by atoms with Gasteiger partial charge in [-0.05, 0) is 61.7 Å². The maximum absolute atomic E-state index is 9.91. The van der Waals surface area contributed by atoms with Crippen molar-refractivity contribution in [3.05, 3.63) is 115 Å². The van der Waals surface area contributed by atoms with Gasteiger partial charge in [0, 0.05) is 18.2 Å². The first-order valence-corrected chi connectivity index (χ1v) is 16.4. The van der Waals surface area contributed by atoms with E-state index in [0.717, 1.165) is 12.0 Å². The predicted octanol–water partition coefficient (Wildman–Crippen LogP) is 7.34. The molecule has 0 spiro atoms. The molecule has 0 saturated carbocycles. The molecule has 4 rings (SSSR count). The number of phenols is 1. The number of benzene rings is 4. The van der Waals surface area contributed by atoms with Crippen LogP contribution in [0.5, 0.6) is 11.5 Å². The van der Waals surface area contributed by atoms with Crippen LogP contribution in [0.2, 0.25) is 0 Å². The van der Waals surface area contributed by atoms with E-state index >= 15 is 0 Å². The van der Waals surface area contributed by atoms with Gasteiger partial charge in [0.25, 0.3) is 0 Å². The summed E-state index contributed by atoms with van der Waals surface area (Å²) in [7, 11) is -1.70. The molecule has 0 saturated heterocycles. The fourth-order valence-corrected chi connectivity index (χ4v) is 9.80. The van der Waals surface area contributed by atoms with Gasteiger partial charge < -0.3 is 15.6 Å². The van der Waals surface area contributed by atoms with E-state index in [4.69, 9.17) is 10.5 Å². The molecule has 0 radical (unpaired) electrons. The number of aromatic hydroxyl groups is 1. The Labute approximate surface area is 235 Å². The third kappa shape index (κ3) is 7.94. The highest BCUT2D eigenvalue weighted by Gasteiger charge is 2.44. The lowest BCUT2D eigenvalue weighted by molar-refractivity contribution is 0.302. The average Bonchev–Trinajstić information content (AvgIpc) is 2.99. The van der Waals surface area contributed by atoms with Gasteiger partial charge in [0.05, 0.1) is 12.8 Å². The Hall–Kier alpha value is -3.13. The van der Waals surface area contributed by atoms with Crippen LogP contribution in [-0.2, 0) is 6.54 Å². The topological polar surface area (TPSA) is 55.5 Å². The van der Waals surface area contributed by atoms with E-state index in [2.05, 4.69) is 91.0 Å². The SMILES string of the molecule is NCc1ccc(OCCCCCCCCCC[P+](c2ccccc2)(c2ccccc2)c2ccccc2)cc1O. The maximum atomic E-state index is 9.91. The zero-order chi connectivity index (χ0) is 27.2. The van der Waals surface area contributed by atoms with Gasteiger partial charge in [0.1, 0.15) is 34.7 Å². The molecular weight excluding hydrogens is 497 g/mol. The van der Waals surface area contributed by atoms with Crippen LogP contribution in [0.1, 0.15) is 56.9 Å². The largest absolute Gasteiger partial charge is 0.507 e. The van der Waals surface area contributed by atoms with Crippen molar-refractivity contribution in [3.8, 4) is 11.5 Å². The van der Waals surface area contributed by atoms with Crippen molar-refractivity contribution >= 4 is 23.2 Å². The fraction of sp³-hybridized carbons (Fsp3) is 0.314. The van der Waals surface area contributed by atoms with Crippen LogP contribution < -0.4 is 26.4 Å². The first-order chi connectivity index (χ1) is 19.2. The van der Waals surface area contributed by atoms with Crippen LogP contribution in [-0.4, -0.2) is 17.9 Å². The summed E-state index contributed by atoms with van der Waals surface area (Å²) in [6.07, 6.45) is 11.1. The lowest BCUT2D eigenvalue weighted by atomic mass is 10.1. The smallest absolute Gasteiger partial charge is 0.123 e. The van der Waals surface area contributed by atoms with Crippen molar-refractivity contribution in [1.82, 2.24) is 0 Å². The van der Waals surface area contributed by atoms with Gasteiger partial charge in [-0.15, -0.1) is 0 Å². The normalized spacial score (nSPS) is 11.4. The Morgan fingerprint density at radius 3 is 1.49 bits per heavy atom. The zero-order valence-electron chi connectivity index (χ0n) is 23.1. The van der Waals surface area contributed by atoms with Crippen LogP contribution in [0.15, 0.2) is 109 Å². The Kier molecular flexibility index (Phi) is 11.4. The molecule has 0 aromatic heterocycles. The molecule has 39 heavy (non-hydrogen) atoms. The van der Waals surface area contributed by atoms with Crippen molar-refractivity contribution in [2.45, 2.75) is 57.9 Å². The summed E-state index contributed by atoms with van der Waals surface area (Å²) < 4.78 is 5.79. The summed E-state index contributed by atoms with van der Waals surface area (Å²) in [5.41, 5.74) is 6.34. The highest BCUT2D eigenvalue weighted by Crippen LogP contribution is 2.56. The van der Waals surface area contributed by atoms with Crippen molar-refractivity contribution in [3.63, 3.8) is 0 Å². The second kappa shape index (κ2) is 15.5. The number of nitrogens with two attached hydrogens (primary N) is 1. The summed E-state index contributed by atoms with van der Waals surface area (Å²) in [5, 5.41) is 14.4. The molecule has 0 bridgehead atoms. The number of rotatable bonds is 16. The number of phenolic OH excluding ortho intramolecular Hbond substituents is 1. The van der Waals surface area contributed by atoms with Crippen molar-refractivity contribution in [2.24, 2.45) is 5.73 Å². The standard InChI is InChI=1S/C35H42NO2P/c36-29-30-24-25-31(28-35(30)37)38-26-16-5-3-1-2-4-6-17-27-39(32-18-10-7-11-19-32,33-20-12-8-13-21-33)34-22-14-9-15-23-34/h7-15,18-25,28H,1-6,16-17,26-27,29,36H2/p+1. The molecule has 0 aliphatic carbocycles. The van der Waals surface area contributed by atoms with Crippen LogP contribution >= 0.6 is 7.26 Å². The molecule has 0 heterocycles. The van der Waals surface area contributed by atoms with Gasteiger partial charge >= 0.3 is 0 Å². The maximum Gasteiger partial charge on any atom is 0.123 e. The third-order valence-corrected chi connectivity index (χ3v) is 12.1. The molecule has 0 aliphatic heterocycles. The molecule has 4 aromatic rings. The highest BCUT2D eigenvalue weighted by atomic mass is 31.2. The average molecular weight is 541 g/mol. The van der Waals surface area contributed by atoms with Crippen molar-refractivity contribution in [2.75, 3.05) is 12.8 Å². The Morgan fingerprint density at radius 1 is 0.564 bits per heavy atom. The molecule has 4 heteroatoms. The summed E-state index contributed by atoms with van der Waals surface area (Å²) in [4.78, 5) is 0. The van der Waals surface area contributed by atoms with Gasteiger partial charge in [-0.2, -0.15) is 0 Å². The van der Waals surface area contributed by atoms with E-state index < -0.39 is 7.26 Å². The first kappa shape index (κ1) is 28.9. The minimum atomic E-state index is -1.70. The van der Waals surface area contributed by atoms with Crippen molar-refractivity contribution in [1.29, 1.82) is 0 Å². The zero-order valence-corrected chi connectivity index (χ0v) is 23.9. The molecule has 0 atom stereocenters. The molecule has 0 fully saturated rings. The van der Waals surface area contributed by atoms with E-state index in [0.29, 0.717) is 18.9 Å². The monoisotopic (exact) mass is 540 g/mol. The number of hydrogen-bond donors (Lipinski definition) is 2. The molecule has 4 aromatic carbocycles. The summed E-state index contributed by atoms with van der Waals surface area (Å²) in [5.74, 6) is 0.927. The lowest BCUT2D eigenvalue weighted by Gasteiger charge is -2.27. The first-order valence-electron chi connectivity index (χ1n) is 14.4. The van der Waals surface area contributed by atoms with Gasteiger partial charge in [-0.3, -0.25) is 0 Å². The molecule has 0 amide bonds. The molecule has 3 N–H and O–H groups in total. The van der Waals surface area contributed by atoms with E-state index in [9.17, 15) is 5.11 Å². The highest BCUT2D eigenvalue weighted by molar-refractivity contribution is 7.95. The van der Waals surface area contributed by atoms with E-state index in [1.54, 1.807) is 6.07 Å². The Balaban J connectivity index is 1.23. The molecular formula is C35H43NO2P+. The fourth-order valence-electron chi connectivity index (χ4n) is 5.39. The van der Waals surface area contributed by atoms with E-state index in [1.165, 1.54) is 67.0 Å². The van der Waals surface area contributed by atoms with Crippen LogP contribution in [0.4, 0.5) is 0 Å². The van der Waals surface area contributed by atoms with E-state index in [-0.39, 0.29) is 5.75 Å². The molecule has 0 aliphatic rings. The van der Waals surface area contributed by atoms with E-state index in [1.807, 2.05) is 12.1 Å². The number of hydrogen-bond acceptors (Lipinski definition) is 3. The molecule has 0 unspecified atom stereocenters. The van der Waals surface area contributed by atoms with Gasteiger partial charge in [-0.25, -0.2) is 0 Å². The second-order valence-electron chi connectivity index (χ2n) is 10.2. The predicted molar refractivity (Wildman–Crippen MR) is 168 cm³/mol. The molecule has 3 nitrogen and oxygen atoms in total. The van der Waals surface area contributed by atoms with Crippen LogP contribution in [0.3, 0.4) is 0 Å². The number of ether oxygens (including phenoxy) is 1. The van der Waals surface area contributed by atoms with Crippen LogP contribution in [0.25, 0.3) is 0 Å². The summed E-state index contributed by atoms with van der Waals surface area (Å²) in [6, 6.07) is 39.0. The minimum absolute atomic E-state index is 0.214. The lowest BCUT2D eigenvalue weighted by Crippen LogP contribution is -2.33. The third-order valence-electron chi connectivity index (χ3n) is 7.52. The van der Waals surface area contributed by atoms with Crippen molar-refractivity contribution < 1.29 is 9.84 Å². The van der Waals surface area contributed by atoms with Gasteiger partial charge in [-0.1, -0.05) is 92.8 Å². The van der Waals surface area contributed by atoms with Gasteiger partial charge in [0.15, 0.2) is 0 Å².